The van der Waals surface area contributed by atoms with Crippen LogP contribution in [-0.4, -0.2) is 20.1 Å². The number of hydrogen-bond acceptors (Lipinski definition) is 2. The predicted molar refractivity (Wildman–Crippen MR) is 66.1 cm³/mol. The van der Waals surface area contributed by atoms with E-state index in [0.717, 1.165) is 24.2 Å². The van der Waals surface area contributed by atoms with Gasteiger partial charge in [0.1, 0.15) is 0 Å². The normalized spacial score (nSPS) is 10.7. The van der Waals surface area contributed by atoms with E-state index in [1.54, 1.807) is 0 Å². The van der Waals surface area contributed by atoms with Gasteiger partial charge in [-0.2, -0.15) is 5.10 Å². The molecule has 2 aromatic heterocycles. The Bertz CT molecular complexity index is 510. The van der Waals surface area contributed by atoms with Crippen LogP contribution in [0.4, 0.5) is 0 Å². The quantitative estimate of drug-likeness (QED) is 0.741. The van der Waals surface area contributed by atoms with Crippen molar-refractivity contribution in [2.24, 2.45) is 0 Å². The summed E-state index contributed by atoms with van der Waals surface area (Å²) < 4.78 is 3.91. The molecule has 4 nitrogen and oxygen atoms in total. The smallest absolute Gasteiger partial charge is 0.164 e. The molecule has 2 heterocycles. The lowest BCUT2D eigenvalue weighted by Crippen LogP contribution is -1.97. The van der Waals surface area contributed by atoms with Gasteiger partial charge < -0.3 is 4.57 Å². The molecular formula is C13H17N3O. The monoisotopic (exact) mass is 231 g/mol. The number of aromatic nitrogens is 3. The second-order valence-electron chi connectivity index (χ2n) is 4.05. The molecule has 17 heavy (non-hydrogen) atoms. The molecule has 0 spiro atoms. The Labute approximate surface area is 101 Å². The Morgan fingerprint density at radius 2 is 2.18 bits per heavy atom. The van der Waals surface area contributed by atoms with Crippen molar-refractivity contribution in [3.05, 3.63) is 42.0 Å². The second kappa shape index (κ2) is 4.99. The van der Waals surface area contributed by atoms with Crippen LogP contribution in [0.25, 0.3) is 0 Å². The molecule has 0 saturated heterocycles. The van der Waals surface area contributed by atoms with E-state index in [0.29, 0.717) is 6.42 Å². The summed E-state index contributed by atoms with van der Waals surface area (Å²) in [5.41, 5.74) is 1.94. The molecule has 0 aliphatic carbocycles. The first-order valence-corrected chi connectivity index (χ1v) is 5.93. The second-order valence-corrected chi connectivity index (χ2v) is 4.05. The number of Topliss-reactive ketones (excluding diaryl/α,β-unsaturated/α-hetero) is 1. The molecule has 0 bridgehead atoms. The van der Waals surface area contributed by atoms with Crippen molar-refractivity contribution in [3.63, 3.8) is 0 Å². The highest BCUT2D eigenvalue weighted by atomic mass is 16.1. The third kappa shape index (κ3) is 2.64. The highest BCUT2D eigenvalue weighted by Crippen LogP contribution is 2.08. The summed E-state index contributed by atoms with van der Waals surface area (Å²) >= 11 is 0. The fraction of sp³-hybridized carbons (Fsp3) is 0.385. The molecule has 0 N–H and O–H groups in total. The first-order chi connectivity index (χ1) is 8.22. The third-order valence-corrected chi connectivity index (χ3v) is 2.77. The van der Waals surface area contributed by atoms with Gasteiger partial charge in [-0.05, 0) is 13.0 Å². The van der Waals surface area contributed by atoms with Crippen molar-refractivity contribution in [2.45, 2.75) is 33.4 Å². The maximum absolute atomic E-state index is 11.5. The zero-order chi connectivity index (χ0) is 12.3. The van der Waals surface area contributed by atoms with E-state index in [4.69, 9.17) is 0 Å². The van der Waals surface area contributed by atoms with Gasteiger partial charge in [-0.1, -0.05) is 6.92 Å². The van der Waals surface area contributed by atoms with Crippen molar-refractivity contribution in [2.75, 3.05) is 0 Å². The van der Waals surface area contributed by atoms with Gasteiger partial charge in [-0.15, -0.1) is 0 Å². The molecule has 2 rings (SSSR count). The number of carbonyl (C=O) groups is 1. The summed E-state index contributed by atoms with van der Waals surface area (Å²) in [6.07, 6.45) is 8.28. The van der Waals surface area contributed by atoms with Gasteiger partial charge in [-0.25, -0.2) is 0 Å². The molecule has 2 aromatic rings. The van der Waals surface area contributed by atoms with E-state index in [-0.39, 0.29) is 5.78 Å². The molecule has 0 aromatic carbocycles. The van der Waals surface area contributed by atoms with Crippen LogP contribution in [0.5, 0.6) is 0 Å². The van der Waals surface area contributed by atoms with Crippen LogP contribution >= 0.6 is 0 Å². The summed E-state index contributed by atoms with van der Waals surface area (Å²) in [5.74, 6) is 0.188. The lowest BCUT2D eigenvalue weighted by Gasteiger charge is -1.99. The first-order valence-electron chi connectivity index (χ1n) is 5.93. The van der Waals surface area contributed by atoms with E-state index in [9.17, 15) is 4.79 Å². The Hall–Kier alpha value is -1.84. The van der Waals surface area contributed by atoms with Crippen LogP contribution < -0.4 is 0 Å². The molecule has 0 atom stereocenters. The van der Waals surface area contributed by atoms with Gasteiger partial charge in [-0.3, -0.25) is 9.48 Å². The Kier molecular flexibility index (Phi) is 3.42. The summed E-state index contributed by atoms with van der Waals surface area (Å²) in [7, 11) is 0. The number of nitrogens with zero attached hydrogens (tertiary/aromatic N) is 3. The Balaban J connectivity index is 2.08. The molecule has 90 valence electrons. The predicted octanol–water partition coefficient (Wildman–Crippen LogP) is 2.35. The van der Waals surface area contributed by atoms with E-state index in [1.165, 1.54) is 0 Å². The maximum atomic E-state index is 11.5. The number of hydrogen-bond donors (Lipinski definition) is 0. The van der Waals surface area contributed by atoms with E-state index in [2.05, 4.69) is 12.0 Å². The van der Waals surface area contributed by atoms with E-state index < -0.39 is 0 Å². The fourth-order valence-electron chi connectivity index (χ4n) is 1.78. The molecule has 0 unspecified atom stereocenters. The zero-order valence-electron chi connectivity index (χ0n) is 10.3. The number of aryl methyl sites for hydroxylation is 1. The summed E-state index contributed by atoms with van der Waals surface area (Å²) in [6, 6.07) is 1.87. The molecule has 0 radical (unpaired) electrons. The molecule has 0 saturated carbocycles. The molecule has 0 amide bonds. The lowest BCUT2D eigenvalue weighted by molar-refractivity contribution is 0.0988. The van der Waals surface area contributed by atoms with E-state index in [1.807, 2.05) is 47.0 Å². The largest absolute Gasteiger partial charge is 0.349 e. The SMILES string of the molecule is CCC(=O)c1ccn(Cc2cnn(CC)c2)c1. The van der Waals surface area contributed by atoms with Gasteiger partial charge in [0.15, 0.2) is 5.78 Å². The molecule has 0 aliphatic rings. The van der Waals surface area contributed by atoms with Gasteiger partial charge in [0, 0.05) is 42.7 Å². The van der Waals surface area contributed by atoms with Crippen molar-refractivity contribution in [1.29, 1.82) is 0 Å². The standard InChI is InChI=1S/C13H17N3O/c1-3-13(17)12-5-6-15(10-12)8-11-7-14-16(4-2)9-11/h5-7,9-10H,3-4,8H2,1-2H3. The van der Waals surface area contributed by atoms with Crippen LogP contribution in [0.2, 0.25) is 0 Å². The first kappa shape index (κ1) is 11.6. The number of rotatable bonds is 5. The molecular weight excluding hydrogens is 214 g/mol. The third-order valence-electron chi connectivity index (χ3n) is 2.77. The molecule has 4 heteroatoms. The zero-order valence-corrected chi connectivity index (χ0v) is 10.3. The van der Waals surface area contributed by atoms with Crippen LogP contribution in [0.1, 0.15) is 36.2 Å². The maximum Gasteiger partial charge on any atom is 0.164 e. The molecule has 0 aliphatic heterocycles. The highest BCUT2D eigenvalue weighted by Gasteiger charge is 2.05. The average molecular weight is 231 g/mol. The van der Waals surface area contributed by atoms with Gasteiger partial charge >= 0.3 is 0 Å². The van der Waals surface area contributed by atoms with E-state index >= 15 is 0 Å². The molecule has 0 fully saturated rings. The van der Waals surface area contributed by atoms with Crippen molar-refractivity contribution < 1.29 is 4.79 Å². The minimum Gasteiger partial charge on any atom is -0.349 e. The van der Waals surface area contributed by atoms with Crippen LogP contribution in [0.3, 0.4) is 0 Å². The number of ketones is 1. The van der Waals surface area contributed by atoms with Crippen molar-refractivity contribution >= 4 is 5.78 Å². The summed E-state index contributed by atoms with van der Waals surface area (Å²) in [6.45, 7) is 5.58. The van der Waals surface area contributed by atoms with Crippen molar-refractivity contribution in [1.82, 2.24) is 14.3 Å². The van der Waals surface area contributed by atoms with Crippen LogP contribution in [0.15, 0.2) is 30.9 Å². The highest BCUT2D eigenvalue weighted by molar-refractivity contribution is 5.95. The summed E-state index contributed by atoms with van der Waals surface area (Å²) in [4.78, 5) is 11.5. The average Bonchev–Trinajstić information content (AvgIpc) is 2.97. The van der Waals surface area contributed by atoms with Crippen LogP contribution in [0, 0.1) is 0 Å². The van der Waals surface area contributed by atoms with Crippen LogP contribution in [-0.2, 0) is 13.1 Å². The van der Waals surface area contributed by atoms with Gasteiger partial charge in [0.2, 0.25) is 0 Å². The minimum absolute atomic E-state index is 0.188. The fourth-order valence-corrected chi connectivity index (χ4v) is 1.78. The lowest BCUT2D eigenvalue weighted by atomic mass is 10.2. The van der Waals surface area contributed by atoms with Crippen molar-refractivity contribution in [3.8, 4) is 0 Å². The number of carbonyl (C=O) groups excluding carboxylic acids is 1. The minimum atomic E-state index is 0.188. The Morgan fingerprint density at radius 3 is 2.82 bits per heavy atom. The summed E-state index contributed by atoms with van der Waals surface area (Å²) in [5, 5.41) is 4.23. The Morgan fingerprint density at radius 1 is 1.35 bits per heavy atom. The topological polar surface area (TPSA) is 39.8 Å². The van der Waals surface area contributed by atoms with Gasteiger partial charge in [0.25, 0.3) is 0 Å². The van der Waals surface area contributed by atoms with Gasteiger partial charge in [0.05, 0.1) is 12.7 Å².